The molecule has 0 radical (unpaired) electrons. The fourth-order valence-electron chi connectivity index (χ4n) is 0.892. The molecule has 0 aromatic heterocycles. The molecule has 0 aliphatic carbocycles. The van der Waals surface area contributed by atoms with Gasteiger partial charge in [-0.05, 0) is 38.9 Å². The highest BCUT2D eigenvalue weighted by Gasteiger charge is 2.00. The molecule has 1 aromatic rings. The second-order valence-corrected chi connectivity index (χ2v) is 5.93. The summed E-state index contributed by atoms with van der Waals surface area (Å²) in [5.41, 5.74) is 1.28. The lowest BCUT2D eigenvalue weighted by molar-refractivity contribution is 1.11. The van der Waals surface area contributed by atoms with Crippen molar-refractivity contribution in [3.05, 3.63) is 33.3 Å². The Morgan fingerprint density at radius 3 is 2.69 bits per heavy atom. The van der Waals surface area contributed by atoms with Crippen LogP contribution in [-0.4, -0.2) is 5.25 Å². The summed E-state index contributed by atoms with van der Waals surface area (Å²) in [7, 11) is 0. The van der Waals surface area contributed by atoms with Crippen molar-refractivity contribution in [3.8, 4) is 0 Å². The highest BCUT2D eigenvalue weighted by atomic mass is 79.9. The van der Waals surface area contributed by atoms with Crippen LogP contribution in [0.4, 0.5) is 0 Å². The molecule has 0 aliphatic heterocycles. The van der Waals surface area contributed by atoms with E-state index in [1.54, 1.807) is 0 Å². The largest absolute Gasteiger partial charge is 0.154 e. The molecule has 72 valence electrons. The summed E-state index contributed by atoms with van der Waals surface area (Å²) in [5, 5.41) is 1.46. The van der Waals surface area contributed by atoms with Gasteiger partial charge in [0, 0.05) is 10.2 Å². The quantitative estimate of drug-likeness (QED) is 0.770. The van der Waals surface area contributed by atoms with E-state index < -0.39 is 0 Å². The average Bonchev–Trinajstić information content (AvgIpc) is 2.07. The van der Waals surface area contributed by atoms with Crippen LogP contribution in [0.2, 0.25) is 5.02 Å². The smallest absolute Gasteiger partial charge is 0.0551 e. The molecule has 0 atom stereocenters. The fraction of sp³-hybridized carbons (Fsp3) is 0.400. The van der Waals surface area contributed by atoms with Crippen molar-refractivity contribution >= 4 is 39.3 Å². The third kappa shape index (κ3) is 3.92. The monoisotopic (exact) mass is 278 g/mol. The molecule has 1 rings (SSSR count). The van der Waals surface area contributed by atoms with Crippen LogP contribution in [0.3, 0.4) is 0 Å². The van der Waals surface area contributed by atoms with Gasteiger partial charge in [-0.2, -0.15) is 11.8 Å². The van der Waals surface area contributed by atoms with Crippen LogP contribution in [-0.2, 0) is 5.75 Å². The number of hydrogen-bond acceptors (Lipinski definition) is 1. The predicted octanol–water partition coefficient (Wildman–Crippen LogP) is 4.74. The van der Waals surface area contributed by atoms with Crippen molar-refractivity contribution in [1.29, 1.82) is 0 Å². The minimum Gasteiger partial charge on any atom is -0.154 e. The first-order valence-corrected chi connectivity index (χ1v) is 6.37. The zero-order valence-electron chi connectivity index (χ0n) is 7.68. The molecule has 1 aromatic carbocycles. The standard InChI is InChI=1S/C10H12BrClS/c1-7(2)13-6-8-3-4-9(11)10(12)5-8/h3-5,7H,6H2,1-2H3. The minimum atomic E-state index is 0.669. The zero-order valence-corrected chi connectivity index (χ0v) is 10.8. The second kappa shape index (κ2) is 5.28. The van der Waals surface area contributed by atoms with Gasteiger partial charge in [0.25, 0.3) is 0 Å². The molecule has 3 heteroatoms. The normalized spacial score (nSPS) is 10.8. The Bertz CT molecular complexity index is 286. The highest BCUT2D eigenvalue weighted by Crippen LogP contribution is 2.25. The Labute approximate surface area is 97.2 Å². The van der Waals surface area contributed by atoms with E-state index >= 15 is 0 Å². The van der Waals surface area contributed by atoms with Crippen molar-refractivity contribution in [2.75, 3.05) is 0 Å². The molecule has 0 saturated carbocycles. The van der Waals surface area contributed by atoms with Crippen LogP contribution in [0.1, 0.15) is 19.4 Å². The number of rotatable bonds is 3. The van der Waals surface area contributed by atoms with Crippen LogP contribution in [0, 0.1) is 0 Å². The molecule has 0 unspecified atom stereocenters. The van der Waals surface area contributed by atoms with Crippen LogP contribution in [0.5, 0.6) is 0 Å². The zero-order chi connectivity index (χ0) is 9.84. The maximum absolute atomic E-state index is 5.97. The van der Waals surface area contributed by atoms with Gasteiger partial charge in [0.2, 0.25) is 0 Å². The van der Waals surface area contributed by atoms with E-state index in [1.165, 1.54) is 5.56 Å². The maximum atomic E-state index is 5.97. The van der Waals surface area contributed by atoms with Crippen LogP contribution < -0.4 is 0 Å². The van der Waals surface area contributed by atoms with Gasteiger partial charge in [-0.3, -0.25) is 0 Å². The molecule has 0 fully saturated rings. The molecule has 0 aliphatic rings. The first-order chi connectivity index (χ1) is 6.09. The van der Waals surface area contributed by atoms with E-state index in [0.717, 1.165) is 15.2 Å². The van der Waals surface area contributed by atoms with Gasteiger partial charge in [-0.1, -0.05) is 31.5 Å². The molecule has 0 N–H and O–H groups in total. The Morgan fingerprint density at radius 2 is 2.15 bits per heavy atom. The minimum absolute atomic E-state index is 0.669. The summed E-state index contributed by atoms with van der Waals surface area (Å²) >= 11 is 11.3. The molecule has 0 spiro atoms. The van der Waals surface area contributed by atoms with Gasteiger partial charge >= 0.3 is 0 Å². The molecular weight excluding hydrogens is 268 g/mol. The molecule has 0 amide bonds. The average molecular weight is 280 g/mol. The Morgan fingerprint density at radius 1 is 1.46 bits per heavy atom. The van der Waals surface area contributed by atoms with Gasteiger partial charge in [-0.15, -0.1) is 0 Å². The summed E-state index contributed by atoms with van der Waals surface area (Å²) in [6.45, 7) is 4.40. The predicted molar refractivity (Wildman–Crippen MR) is 65.6 cm³/mol. The van der Waals surface area contributed by atoms with Crippen LogP contribution >= 0.6 is 39.3 Å². The van der Waals surface area contributed by atoms with Crippen molar-refractivity contribution in [1.82, 2.24) is 0 Å². The van der Waals surface area contributed by atoms with Crippen molar-refractivity contribution < 1.29 is 0 Å². The lowest BCUT2D eigenvalue weighted by Gasteiger charge is -2.05. The number of hydrogen-bond donors (Lipinski definition) is 0. The van der Waals surface area contributed by atoms with E-state index in [4.69, 9.17) is 11.6 Å². The molecular formula is C10H12BrClS. The Balaban J connectivity index is 2.63. The number of halogens is 2. The first kappa shape index (κ1) is 11.4. The summed E-state index contributed by atoms with van der Waals surface area (Å²) < 4.78 is 0.965. The number of benzene rings is 1. The maximum Gasteiger partial charge on any atom is 0.0551 e. The van der Waals surface area contributed by atoms with Gasteiger partial charge in [0.1, 0.15) is 0 Å². The molecule has 0 saturated heterocycles. The molecule has 0 nitrogen and oxygen atoms in total. The van der Waals surface area contributed by atoms with Gasteiger partial charge in [-0.25, -0.2) is 0 Å². The van der Waals surface area contributed by atoms with E-state index in [0.29, 0.717) is 5.25 Å². The van der Waals surface area contributed by atoms with E-state index in [2.05, 4.69) is 35.8 Å². The van der Waals surface area contributed by atoms with E-state index in [9.17, 15) is 0 Å². The van der Waals surface area contributed by atoms with Crippen molar-refractivity contribution in [2.24, 2.45) is 0 Å². The first-order valence-electron chi connectivity index (χ1n) is 4.15. The summed E-state index contributed by atoms with van der Waals surface area (Å²) in [5.74, 6) is 1.03. The molecule has 0 heterocycles. The van der Waals surface area contributed by atoms with E-state index in [-0.39, 0.29) is 0 Å². The topological polar surface area (TPSA) is 0 Å². The Hall–Kier alpha value is 0.340. The van der Waals surface area contributed by atoms with Crippen LogP contribution in [0.25, 0.3) is 0 Å². The fourth-order valence-corrected chi connectivity index (χ4v) is 2.05. The van der Waals surface area contributed by atoms with Crippen molar-refractivity contribution in [3.63, 3.8) is 0 Å². The molecule has 13 heavy (non-hydrogen) atoms. The third-order valence-electron chi connectivity index (χ3n) is 1.57. The van der Waals surface area contributed by atoms with Gasteiger partial charge in [0.15, 0.2) is 0 Å². The van der Waals surface area contributed by atoms with Gasteiger partial charge < -0.3 is 0 Å². The van der Waals surface area contributed by atoms with Gasteiger partial charge in [0.05, 0.1) is 5.02 Å². The highest BCUT2D eigenvalue weighted by molar-refractivity contribution is 9.10. The summed E-state index contributed by atoms with van der Waals surface area (Å²) in [6, 6.07) is 6.12. The van der Waals surface area contributed by atoms with Crippen molar-refractivity contribution in [2.45, 2.75) is 24.9 Å². The van der Waals surface area contributed by atoms with Crippen LogP contribution in [0.15, 0.2) is 22.7 Å². The SMILES string of the molecule is CC(C)SCc1ccc(Br)c(Cl)c1. The summed E-state index contributed by atoms with van der Waals surface area (Å²) in [6.07, 6.45) is 0. The van der Waals surface area contributed by atoms with E-state index in [1.807, 2.05) is 23.9 Å². The second-order valence-electron chi connectivity index (χ2n) is 3.11. The molecule has 0 bridgehead atoms. The summed E-state index contributed by atoms with van der Waals surface area (Å²) in [4.78, 5) is 0. The Kier molecular flexibility index (Phi) is 4.63. The lowest BCUT2D eigenvalue weighted by Crippen LogP contribution is -1.88. The lowest BCUT2D eigenvalue weighted by atomic mass is 10.2. The third-order valence-corrected chi connectivity index (χ3v) is 3.97. The number of thioether (sulfide) groups is 1.